The molecule has 0 fully saturated rings. The molecule has 0 unspecified atom stereocenters. The van der Waals surface area contributed by atoms with Crippen LogP contribution >= 0.6 is 0 Å². The van der Waals surface area contributed by atoms with Gasteiger partial charge in [0.2, 0.25) is 0 Å². The van der Waals surface area contributed by atoms with Crippen LogP contribution in [-0.2, 0) is 22.3 Å². The number of carbonyl (C=O) groups excluding carboxylic acids is 3. The van der Waals surface area contributed by atoms with Crippen molar-refractivity contribution in [3.8, 4) is 0 Å². The van der Waals surface area contributed by atoms with Crippen LogP contribution in [0, 0.1) is 0 Å². The first-order valence-electron chi connectivity index (χ1n) is 10.2. The van der Waals surface area contributed by atoms with Gasteiger partial charge < -0.3 is 9.47 Å². The molecule has 0 saturated carbocycles. The van der Waals surface area contributed by atoms with Crippen LogP contribution in [0.5, 0.6) is 0 Å². The maximum Gasteiger partial charge on any atom is 0.346 e. The summed E-state index contributed by atoms with van der Waals surface area (Å²) >= 11 is 0. The molecular weight excluding hydrogens is 392 g/mol. The van der Waals surface area contributed by atoms with Crippen molar-refractivity contribution in [3.63, 3.8) is 0 Å². The van der Waals surface area contributed by atoms with E-state index in [2.05, 4.69) is 6.92 Å². The molecule has 3 aromatic carbocycles. The first-order valence-corrected chi connectivity index (χ1v) is 10.2. The molecule has 0 aliphatic rings. The second-order valence-electron chi connectivity index (χ2n) is 7.03. The molecular formula is C26H24O5. The molecule has 0 aromatic heterocycles. The Hall–Kier alpha value is -3.73. The Labute approximate surface area is 181 Å². The van der Waals surface area contributed by atoms with Gasteiger partial charge in [0.15, 0.2) is 0 Å². The molecule has 0 N–H and O–H groups in total. The summed E-state index contributed by atoms with van der Waals surface area (Å²) in [7, 11) is 0. The van der Waals surface area contributed by atoms with Crippen molar-refractivity contribution in [2.75, 3.05) is 6.61 Å². The maximum atomic E-state index is 12.6. The van der Waals surface area contributed by atoms with Crippen molar-refractivity contribution in [2.45, 2.75) is 26.2 Å². The topological polar surface area (TPSA) is 69.7 Å². The molecule has 3 rings (SSSR count). The monoisotopic (exact) mass is 416 g/mol. The minimum absolute atomic E-state index is 0.102. The number of rotatable bonds is 8. The summed E-state index contributed by atoms with van der Waals surface area (Å²) in [5.74, 6) is -1.85. The van der Waals surface area contributed by atoms with E-state index in [1.807, 2.05) is 18.2 Å². The zero-order valence-electron chi connectivity index (χ0n) is 17.4. The fraction of sp³-hybridized carbons (Fsp3) is 0.192. The molecule has 0 bridgehead atoms. The van der Waals surface area contributed by atoms with E-state index in [1.54, 1.807) is 60.7 Å². The van der Waals surface area contributed by atoms with Crippen molar-refractivity contribution in [3.05, 3.63) is 107 Å². The highest BCUT2D eigenvalue weighted by Gasteiger charge is 2.18. The van der Waals surface area contributed by atoms with Crippen LogP contribution in [0.25, 0.3) is 0 Å². The van der Waals surface area contributed by atoms with Crippen molar-refractivity contribution in [2.24, 2.45) is 0 Å². The molecule has 0 heterocycles. The van der Waals surface area contributed by atoms with Crippen LogP contribution in [0.1, 0.15) is 55.5 Å². The van der Waals surface area contributed by atoms with Crippen molar-refractivity contribution in [1.82, 2.24) is 0 Å². The van der Waals surface area contributed by atoms with Gasteiger partial charge in [0.25, 0.3) is 0 Å². The molecule has 0 saturated heterocycles. The van der Waals surface area contributed by atoms with E-state index in [0.717, 1.165) is 18.4 Å². The lowest BCUT2D eigenvalue weighted by molar-refractivity contribution is 0.0397. The van der Waals surface area contributed by atoms with E-state index in [4.69, 9.17) is 9.47 Å². The van der Waals surface area contributed by atoms with Gasteiger partial charge in [-0.3, -0.25) is 0 Å². The molecule has 3 aromatic rings. The maximum absolute atomic E-state index is 12.6. The molecule has 0 radical (unpaired) electrons. The number of aryl methyl sites for hydroxylation is 1. The lowest BCUT2D eigenvalue weighted by Gasteiger charge is -2.10. The van der Waals surface area contributed by atoms with Crippen LogP contribution in [0.3, 0.4) is 0 Å². The summed E-state index contributed by atoms with van der Waals surface area (Å²) in [6.45, 7) is 2.19. The third-order valence-corrected chi connectivity index (χ3v) is 4.77. The van der Waals surface area contributed by atoms with Crippen LogP contribution in [0.2, 0.25) is 0 Å². The Morgan fingerprint density at radius 1 is 0.677 bits per heavy atom. The number of esters is 3. The Morgan fingerprint density at radius 3 is 2.03 bits per heavy atom. The summed E-state index contributed by atoms with van der Waals surface area (Å²) in [5, 5.41) is 0. The molecule has 5 nitrogen and oxygen atoms in total. The Kier molecular flexibility index (Phi) is 7.71. The van der Waals surface area contributed by atoms with Crippen LogP contribution in [0.15, 0.2) is 78.9 Å². The highest BCUT2D eigenvalue weighted by atomic mass is 16.6. The van der Waals surface area contributed by atoms with Crippen molar-refractivity contribution in [1.29, 1.82) is 0 Å². The van der Waals surface area contributed by atoms with Crippen molar-refractivity contribution >= 4 is 17.9 Å². The van der Waals surface area contributed by atoms with Gasteiger partial charge in [0, 0.05) is 6.42 Å². The highest BCUT2D eigenvalue weighted by Crippen LogP contribution is 2.14. The van der Waals surface area contributed by atoms with Gasteiger partial charge >= 0.3 is 17.9 Å². The van der Waals surface area contributed by atoms with Gasteiger partial charge in [-0.25, -0.2) is 14.4 Å². The molecule has 0 spiro atoms. The predicted octanol–water partition coefficient (Wildman–Crippen LogP) is 5.04. The summed E-state index contributed by atoms with van der Waals surface area (Å²) < 4.78 is 10.4. The fourth-order valence-electron chi connectivity index (χ4n) is 3.14. The molecule has 31 heavy (non-hydrogen) atoms. The van der Waals surface area contributed by atoms with Gasteiger partial charge in [-0.05, 0) is 47.9 Å². The predicted molar refractivity (Wildman–Crippen MR) is 117 cm³/mol. The highest BCUT2D eigenvalue weighted by molar-refractivity contribution is 6.03. The van der Waals surface area contributed by atoms with E-state index in [0.29, 0.717) is 23.1 Å². The van der Waals surface area contributed by atoms with E-state index in [9.17, 15) is 14.4 Å². The zero-order chi connectivity index (χ0) is 22.1. The lowest BCUT2D eigenvalue weighted by Crippen LogP contribution is -2.16. The molecule has 0 atom stereocenters. The number of hydrogen-bond donors (Lipinski definition) is 0. The third-order valence-electron chi connectivity index (χ3n) is 4.77. The van der Waals surface area contributed by atoms with Gasteiger partial charge in [-0.1, -0.05) is 61.9 Å². The Balaban J connectivity index is 1.60. The zero-order valence-corrected chi connectivity index (χ0v) is 17.4. The van der Waals surface area contributed by atoms with Crippen LogP contribution in [0.4, 0.5) is 0 Å². The molecule has 0 amide bonds. The second kappa shape index (κ2) is 10.9. The quantitative estimate of drug-likeness (QED) is 0.380. The average Bonchev–Trinajstić information content (AvgIpc) is 2.80. The standard InChI is InChI=1S/C26H24O5/c1-2-8-19-13-15-22(16-14-19)25(28)31-26(29)23-12-7-6-9-20(23)17-18-30-24(27)21-10-4-3-5-11-21/h3-7,9-16H,2,8,17-18H2,1H3. The van der Waals surface area contributed by atoms with Gasteiger partial charge in [0.05, 0.1) is 23.3 Å². The van der Waals surface area contributed by atoms with Gasteiger partial charge in [-0.15, -0.1) is 0 Å². The largest absolute Gasteiger partial charge is 0.462 e. The lowest BCUT2D eigenvalue weighted by atomic mass is 10.0. The number of benzene rings is 3. The number of hydrogen-bond acceptors (Lipinski definition) is 5. The number of carbonyl (C=O) groups is 3. The van der Waals surface area contributed by atoms with Crippen molar-refractivity contribution < 1.29 is 23.9 Å². The Morgan fingerprint density at radius 2 is 1.32 bits per heavy atom. The smallest absolute Gasteiger partial charge is 0.346 e. The normalized spacial score (nSPS) is 10.4. The first kappa shape index (κ1) is 22.0. The van der Waals surface area contributed by atoms with E-state index in [1.165, 1.54) is 0 Å². The molecule has 0 aliphatic heterocycles. The van der Waals surface area contributed by atoms with Crippen LogP contribution < -0.4 is 0 Å². The fourth-order valence-corrected chi connectivity index (χ4v) is 3.14. The van der Waals surface area contributed by atoms with E-state index in [-0.39, 0.29) is 12.2 Å². The van der Waals surface area contributed by atoms with E-state index < -0.39 is 17.9 Å². The van der Waals surface area contributed by atoms with E-state index >= 15 is 0 Å². The summed E-state index contributed by atoms with van der Waals surface area (Å²) in [5.41, 5.74) is 2.82. The van der Waals surface area contributed by atoms with Gasteiger partial charge in [-0.2, -0.15) is 0 Å². The summed E-state index contributed by atoms with van der Waals surface area (Å²) in [6, 6.07) is 22.5. The van der Waals surface area contributed by atoms with Gasteiger partial charge in [0.1, 0.15) is 0 Å². The van der Waals surface area contributed by atoms with Crippen LogP contribution in [-0.4, -0.2) is 24.5 Å². The molecule has 5 heteroatoms. The average molecular weight is 416 g/mol. The number of ether oxygens (including phenoxy) is 2. The minimum Gasteiger partial charge on any atom is -0.462 e. The first-order chi connectivity index (χ1) is 15.1. The summed E-state index contributed by atoms with van der Waals surface area (Å²) in [6.07, 6.45) is 2.26. The third kappa shape index (κ3) is 6.12. The summed E-state index contributed by atoms with van der Waals surface area (Å²) in [4.78, 5) is 37.0. The minimum atomic E-state index is -0.729. The molecule has 158 valence electrons. The molecule has 0 aliphatic carbocycles. The second-order valence-corrected chi connectivity index (χ2v) is 7.03. The SMILES string of the molecule is CCCc1ccc(C(=O)OC(=O)c2ccccc2CCOC(=O)c2ccccc2)cc1. The Bertz CT molecular complexity index is 1040.